The third kappa shape index (κ3) is 69.9. The molecule has 0 aliphatic carbocycles. The van der Waals surface area contributed by atoms with Crippen LogP contribution < -0.4 is 68.7 Å². The van der Waals surface area contributed by atoms with Gasteiger partial charge in [-0.05, 0) is 0 Å². The molecule has 0 heterocycles. The van der Waals surface area contributed by atoms with Crippen molar-refractivity contribution in [1.82, 2.24) is 0 Å². The van der Waals surface area contributed by atoms with Crippen LogP contribution in [0.25, 0.3) is 0 Å². The van der Waals surface area contributed by atoms with Crippen LogP contribution >= 0.6 is 0 Å². The third-order valence-electron chi connectivity index (χ3n) is 0. The third-order valence-corrected chi connectivity index (χ3v) is 0. The molecule has 0 aromatic carbocycles. The first-order valence-electron chi connectivity index (χ1n) is 0.855. The molecule has 0 bridgehead atoms. The first-order valence-corrected chi connectivity index (χ1v) is 2.57. The monoisotopic (exact) mass is 140 g/mol. The minimum Gasteiger partial charge on any atom is -0.828 e. The SMILES string of the molecule is [Na+].[Na+].[O-][Si]([O-])(O)O. The second kappa shape index (κ2) is 6.18. The van der Waals surface area contributed by atoms with Crippen molar-refractivity contribution in [3.05, 3.63) is 0 Å². The van der Waals surface area contributed by atoms with E-state index >= 15 is 0 Å². The van der Waals surface area contributed by atoms with Gasteiger partial charge in [0.05, 0.1) is 0 Å². The van der Waals surface area contributed by atoms with Gasteiger partial charge in [0.15, 0.2) is 0 Å². The standard InChI is InChI=1S/2Na.H2O4Si/c;;1-5(2,3)4/h;;1-2H/q2*+1;-2. The first-order chi connectivity index (χ1) is 2.00. The Morgan fingerprint density at radius 1 is 1.00 bits per heavy atom. The Balaban J connectivity index is -0.0000000800. The second-order valence-corrected chi connectivity index (χ2v) is 1.65. The van der Waals surface area contributed by atoms with Crippen molar-refractivity contribution < 1.29 is 78.3 Å². The van der Waals surface area contributed by atoms with Gasteiger partial charge in [-0.25, -0.2) is 0 Å². The van der Waals surface area contributed by atoms with E-state index < -0.39 is 9.05 Å². The predicted octanol–water partition coefficient (Wildman–Crippen LogP) is -9.86. The van der Waals surface area contributed by atoms with E-state index in [9.17, 15) is 0 Å². The van der Waals surface area contributed by atoms with Crippen LogP contribution in [0.2, 0.25) is 0 Å². The largest absolute Gasteiger partial charge is 1.00 e. The summed E-state index contributed by atoms with van der Waals surface area (Å²) in [5, 5.41) is 0. The fraction of sp³-hybridized carbons (Fsp3) is 0. The zero-order valence-corrected chi connectivity index (χ0v) is 9.21. The zero-order chi connectivity index (χ0) is 4.50. The van der Waals surface area contributed by atoms with Crippen LogP contribution in [0.15, 0.2) is 0 Å². The van der Waals surface area contributed by atoms with Crippen LogP contribution in [0.4, 0.5) is 0 Å². The fourth-order valence-corrected chi connectivity index (χ4v) is 0. The molecular weight excluding hydrogens is 138 g/mol. The number of rotatable bonds is 0. The molecule has 0 rings (SSSR count). The van der Waals surface area contributed by atoms with Crippen LogP contribution in [0.3, 0.4) is 0 Å². The second-order valence-electron chi connectivity index (χ2n) is 0.548. The van der Waals surface area contributed by atoms with Crippen LogP contribution in [0.1, 0.15) is 0 Å². The molecule has 0 atom stereocenters. The van der Waals surface area contributed by atoms with Crippen molar-refractivity contribution in [3.63, 3.8) is 0 Å². The molecule has 0 saturated carbocycles. The summed E-state index contributed by atoms with van der Waals surface area (Å²) in [6.45, 7) is 0. The molecule has 0 spiro atoms. The van der Waals surface area contributed by atoms with Crippen LogP contribution in [0.5, 0.6) is 0 Å². The van der Waals surface area contributed by atoms with Gasteiger partial charge in [-0.15, -0.1) is 0 Å². The van der Waals surface area contributed by atoms with Gasteiger partial charge in [-0.1, -0.05) is 0 Å². The van der Waals surface area contributed by atoms with Gasteiger partial charge in [0.1, 0.15) is 9.05 Å². The first kappa shape index (κ1) is 16.0. The van der Waals surface area contributed by atoms with E-state index in [-0.39, 0.29) is 59.1 Å². The van der Waals surface area contributed by atoms with Gasteiger partial charge >= 0.3 is 59.1 Å². The topological polar surface area (TPSA) is 86.6 Å². The smallest absolute Gasteiger partial charge is 0.828 e. The summed E-state index contributed by atoms with van der Waals surface area (Å²) in [4.78, 5) is 31.8. The maximum Gasteiger partial charge on any atom is 1.00 e. The van der Waals surface area contributed by atoms with Crippen molar-refractivity contribution in [2.45, 2.75) is 0 Å². The summed E-state index contributed by atoms with van der Waals surface area (Å²) in [6.07, 6.45) is 0. The molecule has 7 heavy (non-hydrogen) atoms. The zero-order valence-electron chi connectivity index (χ0n) is 4.21. The minimum atomic E-state index is -5.11. The molecule has 2 N–H and O–H groups in total. The Morgan fingerprint density at radius 3 is 1.00 bits per heavy atom. The maximum absolute atomic E-state index is 8.80. The Morgan fingerprint density at radius 2 is 1.00 bits per heavy atom. The van der Waals surface area contributed by atoms with E-state index in [1.165, 1.54) is 0 Å². The normalized spacial score (nSPS) is 8.57. The molecule has 0 amide bonds. The Labute approximate surface area is 86.3 Å². The summed E-state index contributed by atoms with van der Waals surface area (Å²) in [5.41, 5.74) is 0. The van der Waals surface area contributed by atoms with Crippen LogP contribution in [0, 0.1) is 0 Å². The molecule has 7 heteroatoms. The number of hydrogen-bond donors (Lipinski definition) is 2. The van der Waals surface area contributed by atoms with Gasteiger partial charge in [0, 0.05) is 0 Å². The summed E-state index contributed by atoms with van der Waals surface area (Å²) < 4.78 is 0. The summed E-state index contributed by atoms with van der Waals surface area (Å²) in [7, 11) is -5.11. The van der Waals surface area contributed by atoms with Crippen LogP contribution in [-0.4, -0.2) is 18.6 Å². The van der Waals surface area contributed by atoms with Gasteiger partial charge in [0.25, 0.3) is 0 Å². The molecule has 0 aromatic rings. The average molecular weight is 140 g/mol. The van der Waals surface area contributed by atoms with E-state index in [0.29, 0.717) is 0 Å². The molecule has 4 nitrogen and oxygen atoms in total. The van der Waals surface area contributed by atoms with Crippen molar-refractivity contribution in [2.24, 2.45) is 0 Å². The van der Waals surface area contributed by atoms with Gasteiger partial charge in [-0.2, -0.15) is 0 Å². The molecule has 0 unspecified atom stereocenters. The molecule has 0 aliphatic heterocycles. The molecule has 0 saturated heterocycles. The van der Waals surface area contributed by atoms with E-state index in [0.717, 1.165) is 0 Å². The molecule has 0 aliphatic rings. The van der Waals surface area contributed by atoms with E-state index in [2.05, 4.69) is 0 Å². The molecule has 32 valence electrons. The van der Waals surface area contributed by atoms with Crippen molar-refractivity contribution in [1.29, 1.82) is 0 Å². The number of hydrogen-bond acceptors (Lipinski definition) is 4. The van der Waals surface area contributed by atoms with Gasteiger partial charge in [0.2, 0.25) is 0 Å². The Kier molecular flexibility index (Phi) is 14.2. The van der Waals surface area contributed by atoms with E-state index in [1.54, 1.807) is 0 Å². The van der Waals surface area contributed by atoms with E-state index in [1.807, 2.05) is 0 Å². The Hall–Kier alpha value is 2.06. The predicted molar refractivity (Wildman–Crippen MR) is 10.2 cm³/mol. The molecule has 0 fully saturated rings. The molecule has 0 aromatic heterocycles. The van der Waals surface area contributed by atoms with Gasteiger partial charge in [-0.3, -0.25) is 0 Å². The van der Waals surface area contributed by atoms with Crippen molar-refractivity contribution >= 4 is 9.05 Å². The quantitative estimate of drug-likeness (QED) is 0.327. The molecular formula is H2Na2O4Si. The van der Waals surface area contributed by atoms with Crippen molar-refractivity contribution in [3.8, 4) is 0 Å². The van der Waals surface area contributed by atoms with Crippen molar-refractivity contribution in [2.75, 3.05) is 0 Å². The fourth-order valence-electron chi connectivity index (χ4n) is 0. The van der Waals surface area contributed by atoms with Gasteiger partial charge < -0.3 is 19.2 Å². The summed E-state index contributed by atoms with van der Waals surface area (Å²) in [5.74, 6) is 0. The maximum atomic E-state index is 8.80. The average Bonchev–Trinajstić information content (AvgIpc) is 0.722. The summed E-state index contributed by atoms with van der Waals surface area (Å²) >= 11 is 0. The Bertz CT molecular complexity index is 25.2. The van der Waals surface area contributed by atoms with E-state index in [4.69, 9.17) is 19.2 Å². The minimum absolute atomic E-state index is 0. The van der Waals surface area contributed by atoms with Crippen LogP contribution in [-0.2, 0) is 0 Å². The summed E-state index contributed by atoms with van der Waals surface area (Å²) in [6, 6.07) is 0. The molecule has 0 radical (unpaired) electrons.